The zero-order valence-electron chi connectivity index (χ0n) is 15.2. The van der Waals surface area contributed by atoms with E-state index < -0.39 is 15.1 Å². The quantitative estimate of drug-likeness (QED) is 0.648. The predicted molar refractivity (Wildman–Crippen MR) is 96.5 cm³/mol. The Hall–Kier alpha value is -2.27. The number of carbonyl (C=O) groups is 1. The summed E-state index contributed by atoms with van der Waals surface area (Å²) in [5.74, 6) is 0.124. The number of ether oxygens (including phenoxy) is 1. The summed E-state index contributed by atoms with van der Waals surface area (Å²) in [6.45, 7) is 1.69. The van der Waals surface area contributed by atoms with Gasteiger partial charge in [0.25, 0.3) is 5.91 Å². The molecule has 1 spiro atoms. The fraction of sp³-hybridized carbons (Fsp3) is 0.389. The van der Waals surface area contributed by atoms with Crippen molar-refractivity contribution in [3.8, 4) is 0 Å². The summed E-state index contributed by atoms with van der Waals surface area (Å²) in [7, 11) is -9.71. The number of aryl methyl sites for hydroxylation is 2. The third kappa shape index (κ3) is 3.93. The number of likely N-dealkylation sites (tertiary alicyclic amines) is 1. The molecule has 0 saturated carbocycles. The first-order chi connectivity index (χ1) is 13.4. The van der Waals surface area contributed by atoms with Gasteiger partial charge in [-0.2, -0.15) is 0 Å². The van der Waals surface area contributed by atoms with E-state index in [1.807, 2.05) is 0 Å². The van der Waals surface area contributed by atoms with Crippen LogP contribution in [0.4, 0.5) is 19.4 Å². The molecule has 29 heavy (non-hydrogen) atoms. The van der Waals surface area contributed by atoms with Gasteiger partial charge in [-0.15, -0.1) is 0 Å². The minimum absolute atomic E-state index is 0.0571. The van der Waals surface area contributed by atoms with Crippen LogP contribution in [0.1, 0.15) is 28.2 Å². The summed E-state index contributed by atoms with van der Waals surface area (Å²) in [5, 5.41) is 0. The smallest absolute Gasteiger partial charge is 0.310 e. The molecular weight excluding hydrogens is 417 g/mol. The maximum atomic E-state index is 12.9. The van der Waals surface area contributed by atoms with Gasteiger partial charge >= 0.3 is 10.2 Å². The van der Waals surface area contributed by atoms with Gasteiger partial charge in [0.1, 0.15) is 10.7 Å². The van der Waals surface area contributed by atoms with E-state index in [4.69, 9.17) is 4.74 Å². The third-order valence-electron chi connectivity index (χ3n) is 5.29. The van der Waals surface area contributed by atoms with Crippen LogP contribution in [0.25, 0.3) is 0 Å². The molecular formula is C18H18F5N3O2S. The second-order valence-corrected chi connectivity index (χ2v) is 9.84. The monoisotopic (exact) mass is 435 g/mol. The van der Waals surface area contributed by atoms with Gasteiger partial charge in [-0.3, -0.25) is 4.79 Å². The lowest BCUT2D eigenvalue weighted by Crippen LogP contribution is -2.72. The molecule has 1 aromatic heterocycles. The van der Waals surface area contributed by atoms with Gasteiger partial charge in [0.05, 0.1) is 24.3 Å². The molecule has 11 heteroatoms. The molecule has 0 unspecified atom stereocenters. The summed E-state index contributed by atoms with van der Waals surface area (Å²) in [6.07, 6.45) is 3.86. The molecule has 1 aromatic carbocycles. The fourth-order valence-corrected chi connectivity index (χ4v) is 4.15. The average molecular weight is 435 g/mol. The van der Waals surface area contributed by atoms with Crippen molar-refractivity contribution in [2.24, 2.45) is 0 Å². The van der Waals surface area contributed by atoms with Crippen LogP contribution in [0.5, 0.6) is 0 Å². The van der Waals surface area contributed by atoms with Gasteiger partial charge in [-0.05, 0) is 30.5 Å². The second-order valence-electron chi connectivity index (χ2n) is 7.43. The fourth-order valence-electron chi connectivity index (χ4n) is 3.44. The van der Waals surface area contributed by atoms with Gasteiger partial charge in [0, 0.05) is 25.4 Å². The lowest BCUT2D eigenvalue weighted by Gasteiger charge is -2.57. The number of aromatic nitrogens is 2. The van der Waals surface area contributed by atoms with Crippen LogP contribution < -0.4 is 0 Å². The summed E-state index contributed by atoms with van der Waals surface area (Å²) >= 11 is 0. The standard InChI is InChI=1S/C18H18F5N3O2S/c19-29(20,21,22,23)15-3-1-2-13(8-15)4-5-16-24-9-14(10-25-16)17(27)26-7-6-18(26)11-28-12-18/h1-3,8-10H,4-7,11-12H2. The molecule has 2 saturated heterocycles. The minimum Gasteiger partial charge on any atom is -0.376 e. The molecule has 158 valence electrons. The van der Waals surface area contributed by atoms with Gasteiger partial charge in [0.2, 0.25) is 0 Å². The highest BCUT2D eigenvalue weighted by Crippen LogP contribution is 3.02. The van der Waals surface area contributed by atoms with E-state index in [0.29, 0.717) is 43.3 Å². The number of nitrogens with zero attached hydrogens (tertiary/aromatic N) is 3. The van der Waals surface area contributed by atoms with Gasteiger partial charge in [-0.1, -0.05) is 31.6 Å². The number of amides is 1. The molecule has 4 rings (SSSR count). The van der Waals surface area contributed by atoms with Gasteiger partial charge in [-0.25, -0.2) is 9.97 Å². The van der Waals surface area contributed by atoms with E-state index in [2.05, 4.69) is 9.97 Å². The Balaban J connectivity index is 1.41. The predicted octanol–water partition coefficient (Wildman–Crippen LogP) is 4.53. The molecule has 2 aliphatic rings. The molecule has 0 N–H and O–H groups in total. The van der Waals surface area contributed by atoms with Crippen LogP contribution >= 0.6 is 10.2 Å². The van der Waals surface area contributed by atoms with Gasteiger partial charge in [0.15, 0.2) is 0 Å². The molecule has 1 amide bonds. The van der Waals surface area contributed by atoms with E-state index in [-0.39, 0.29) is 29.9 Å². The Kier molecular flexibility index (Phi) is 4.06. The average Bonchev–Trinajstić information content (AvgIpc) is 2.56. The second kappa shape index (κ2) is 5.88. The zero-order valence-corrected chi connectivity index (χ0v) is 16.0. The number of hydrogen-bond acceptors (Lipinski definition) is 4. The first-order valence-corrected chi connectivity index (χ1v) is 10.9. The van der Waals surface area contributed by atoms with E-state index in [0.717, 1.165) is 12.5 Å². The maximum Gasteiger partial charge on any atom is 0.310 e. The summed E-state index contributed by atoms with van der Waals surface area (Å²) in [4.78, 5) is 20.5. The lowest BCUT2D eigenvalue weighted by molar-refractivity contribution is -0.172. The van der Waals surface area contributed by atoms with Gasteiger partial charge < -0.3 is 9.64 Å². The van der Waals surface area contributed by atoms with Crippen molar-refractivity contribution in [1.82, 2.24) is 14.9 Å². The van der Waals surface area contributed by atoms with Crippen molar-refractivity contribution in [3.63, 3.8) is 0 Å². The van der Waals surface area contributed by atoms with E-state index in [1.54, 1.807) is 4.90 Å². The number of halogens is 5. The number of carbonyl (C=O) groups excluding carboxylic acids is 1. The van der Waals surface area contributed by atoms with Crippen LogP contribution in [0, 0.1) is 0 Å². The highest BCUT2D eigenvalue weighted by Gasteiger charge is 2.65. The molecule has 0 aliphatic carbocycles. The highest BCUT2D eigenvalue weighted by atomic mass is 32.5. The Labute approximate surface area is 163 Å². The van der Waals surface area contributed by atoms with Crippen molar-refractivity contribution >= 4 is 16.1 Å². The van der Waals surface area contributed by atoms with E-state index in [1.165, 1.54) is 18.5 Å². The lowest BCUT2D eigenvalue weighted by atomic mass is 9.82. The summed E-state index contributed by atoms with van der Waals surface area (Å²) < 4.78 is 69.8. The normalized spacial score (nSPS) is 20.4. The summed E-state index contributed by atoms with van der Waals surface area (Å²) in [5.41, 5.74) is 0.221. The Bertz CT molecular complexity index is 957. The van der Waals surface area contributed by atoms with Crippen LogP contribution in [0.2, 0.25) is 0 Å². The zero-order chi connectivity index (χ0) is 21.0. The van der Waals surface area contributed by atoms with Crippen LogP contribution in [-0.2, 0) is 17.6 Å². The van der Waals surface area contributed by atoms with Crippen molar-refractivity contribution < 1.29 is 29.0 Å². The van der Waals surface area contributed by atoms with Crippen LogP contribution in [0.3, 0.4) is 0 Å². The maximum absolute atomic E-state index is 12.9. The Morgan fingerprint density at radius 1 is 1.10 bits per heavy atom. The number of rotatable bonds is 5. The number of benzene rings is 1. The van der Waals surface area contributed by atoms with E-state index >= 15 is 0 Å². The molecule has 0 bridgehead atoms. The van der Waals surface area contributed by atoms with Crippen molar-refractivity contribution in [1.29, 1.82) is 0 Å². The molecule has 0 atom stereocenters. The van der Waals surface area contributed by atoms with Crippen LogP contribution in [-0.4, -0.2) is 46.1 Å². The molecule has 2 aromatic rings. The number of hydrogen-bond donors (Lipinski definition) is 0. The third-order valence-corrected chi connectivity index (χ3v) is 6.44. The first kappa shape index (κ1) is 20.0. The highest BCUT2D eigenvalue weighted by molar-refractivity contribution is 8.45. The Morgan fingerprint density at radius 2 is 1.79 bits per heavy atom. The van der Waals surface area contributed by atoms with Crippen molar-refractivity contribution in [3.05, 3.63) is 53.6 Å². The van der Waals surface area contributed by atoms with Crippen LogP contribution in [0.15, 0.2) is 41.6 Å². The molecule has 5 nitrogen and oxygen atoms in total. The molecule has 2 fully saturated rings. The van der Waals surface area contributed by atoms with Crippen molar-refractivity contribution in [2.45, 2.75) is 29.7 Å². The summed E-state index contributed by atoms with van der Waals surface area (Å²) in [6, 6.07) is 3.13. The topological polar surface area (TPSA) is 55.3 Å². The SMILES string of the molecule is O=C(c1cnc(CCc2cccc(S(F)(F)(F)(F)F)c2)nc1)N1CCC12COC2. The first-order valence-electron chi connectivity index (χ1n) is 8.90. The molecule has 3 heterocycles. The van der Waals surface area contributed by atoms with E-state index in [9.17, 15) is 24.2 Å². The molecule has 0 radical (unpaired) electrons. The Morgan fingerprint density at radius 3 is 2.31 bits per heavy atom. The molecule has 2 aliphatic heterocycles. The largest absolute Gasteiger partial charge is 0.376 e. The minimum atomic E-state index is -9.71. The van der Waals surface area contributed by atoms with Crippen molar-refractivity contribution in [2.75, 3.05) is 19.8 Å².